The van der Waals surface area contributed by atoms with E-state index in [2.05, 4.69) is 54.0 Å². The zero-order valence-electron chi connectivity index (χ0n) is 16.8. The molecule has 0 aliphatic carbocycles. The zero-order chi connectivity index (χ0) is 19.8. The van der Waals surface area contributed by atoms with Gasteiger partial charge in [-0.2, -0.15) is 0 Å². The highest BCUT2D eigenvalue weighted by atomic mass is 16.3. The molecule has 3 heteroatoms. The molecule has 1 aromatic heterocycles. The molecule has 29 heavy (non-hydrogen) atoms. The number of para-hydroxylation sites is 1. The fraction of sp³-hybridized carbons (Fsp3) is 0.346. The Labute approximate surface area is 172 Å². The number of rotatable bonds is 5. The summed E-state index contributed by atoms with van der Waals surface area (Å²) in [5.41, 5.74) is 3.33. The molecular formula is C26H29N2O+. The lowest BCUT2D eigenvalue weighted by molar-refractivity contribution is -0.984. The van der Waals surface area contributed by atoms with Crippen LogP contribution in [0.2, 0.25) is 0 Å². The van der Waals surface area contributed by atoms with Crippen molar-refractivity contribution in [2.24, 2.45) is 11.8 Å². The topological polar surface area (TPSA) is 33.1 Å². The van der Waals surface area contributed by atoms with Crippen LogP contribution >= 0.6 is 0 Å². The molecule has 3 unspecified atom stereocenters. The first-order chi connectivity index (χ1) is 14.2. The molecule has 3 saturated heterocycles. The number of fused-ring (bicyclic) bond motifs is 4. The summed E-state index contributed by atoms with van der Waals surface area (Å²) in [4.78, 5) is 4.50. The van der Waals surface area contributed by atoms with Gasteiger partial charge in [-0.3, -0.25) is 4.98 Å². The molecule has 3 fully saturated rings. The summed E-state index contributed by atoms with van der Waals surface area (Å²) in [5.74, 6) is 1.18. The predicted octanol–water partition coefficient (Wildman–Crippen LogP) is 4.88. The quantitative estimate of drug-likeness (QED) is 0.502. The van der Waals surface area contributed by atoms with Gasteiger partial charge in [0.05, 0.1) is 18.6 Å². The molecule has 5 atom stereocenters. The number of pyridine rings is 1. The van der Waals surface area contributed by atoms with E-state index in [0.29, 0.717) is 11.8 Å². The monoisotopic (exact) mass is 385 g/mol. The maximum Gasteiger partial charge on any atom is 0.131 e. The fourth-order valence-electron chi connectivity index (χ4n) is 5.91. The normalized spacial score (nSPS) is 29.6. The van der Waals surface area contributed by atoms with Crippen LogP contribution in [0, 0.1) is 11.8 Å². The number of aliphatic hydroxyl groups is 1. The Morgan fingerprint density at radius 3 is 2.72 bits per heavy atom. The molecule has 0 saturated carbocycles. The van der Waals surface area contributed by atoms with E-state index in [0.717, 1.165) is 47.0 Å². The van der Waals surface area contributed by atoms with Crippen molar-refractivity contribution in [2.45, 2.75) is 31.5 Å². The second kappa shape index (κ2) is 7.40. The van der Waals surface area contributed by atoms with Gasteiger partial charge in [0.25, 0.3) is 0 Å². The third-order valence-corrected chi connectivity index (χ3v) is 7.38. The summed E-state index contributed by atoms with van der Waals surface area (Å²) in [6, 6.07) is 21.2. The van der Waals surface area contributed by atoms with E-state index in [4.69, 9.17) is 0 Å². The van der Waals surface area contributed by atoms with E-state index in [1.54, 1.807) is 0 Å². The van der Waals surface area contributed by atoms with E-state index in [-0.39, 0.29) is 6.04 Å². The Kier molecular flexibility index (Phi) is 4.73. The first-order valence-corrected chi connectivity index (χ1v) is 10.7. The van der Waals surface area contributed by atoms with Crippen molar-refractivity contribution in [1.29, 1.82) is 0 Å². The van der Waals surface area contributed by atoms with E-state index in [1.165, 1.54) is 12.0 Å². The SMILES string of the molecule is C=CC1C[N+]2(Cc3ccccc3)CCC1C[C@H]2[C@@H](O)c1ccnc2ccccc12. The van der Waals surface area contributed by atoms with Gasteiger partial charge >= 0.3 is 0 Å². The van der Waals surface area contributed by atoms with Crippen molar-refractivity contribution in [3.05, 3.63) is 90.6 Å². The first kappa shape index (κ1) is 18.5. The van der Waals surface area contributed by atoms with Gasteiger partial charge in [0, 0.05) is 35.9 Å². The number of aliphatic hydroxyl groups excluding tert-OH is 1. The Morgan fingerprint density at radius 1 is 1.10 bits per heavy atom. The fourth-order valence-corrected chi connectivity index (χ4v) is 5.91. The molecule has 3 aromatic rings. The van der Waals surface area contributed by atoms with E-state index >= 15 is 0 Å². The van der Waals surface area contributed by atoms with Crippen LogP contribution in [-0.4, -0.2) is 33.7 Å². The lowest BCUT2D eigenvalue weighted by Crippen LogP contribution is -2.67. The molecule has 4 heterocycles. The predicted molar refractivity (Wildman–Crippen MR) is 117 cm³/mol. The van der Waals surface area contributed by atoms with Crippen molar-refractivity contribution < 1.29 is 9.59 Å². The maximum absolute atomic E-state index is 11.7. The van der Waals surface area contributed by atoms with Gasteiger partial charge in [-0.05, 0) is 23.6 Å². The second-order valence-corrected chi connectivity index (χ2v) is 8.88. The van der Waals surface area contributed by atoms with Crippen LogP contribution in [0.5, 0.6) is 0 Å². The molecule has 3 nitrogen and oxygen atoms in total. The van der Waals surface area contributed by atoms with Crippen molar-refractivity contribution in [1.82, 2.24) is 4.98 Å². The Morgan fingerprint density at radius 2 is 1.90 bits per heavy atom. The average Bonchev–Trinajstić information content (AvgIpc) is 2.78. The smallest absolute Gasteiger partial charge is 0.131 e. The Balaban J connectivity index is 1.56. The van der Waals surface area contributed by atoms with Crippen molar-refractivity contribution in [3.63, 3.8) is 0 Å². The van der Waals surface area contributed by atoms with Crippen molar-refractivity contribution in [3.8, 4) is 0 Å². The second-order valence-electron chi connectivity index (χ2n) is 8.88. The number of aromatic nitrogens is 1. The molecule has 3 aliphatic rings. The van der Waals surface area contributed by atoms with Gasteiger partial charge < -0.3 is 9.59 Å². The molecule has 2 bridgehead atoms. The molecule has 0 amide bonds. The minimum atomic E-state index is -0.486. The van der Waals surface area contributed by atoms with Crippen LogP contribution in [0.15, 0.2) is 79.5 Å². The number of nitrogens with zero attached hydrogens (tertiary/aromatic N) is 2. The molecule has 0 spiro atoms. The number of quaternary nitrogens is 1. The molecular weight excluding hydrogens is 356 g/mol. The summed E-state index contributed by atoms with van der Waals surface area (Å²) in [7, 11) is 0. The third-order valence-electron chi connectivity index (χ3n) is 7.38. The van der Waals surface area contributed by atoms with E-state index in [1.807, 2.05) is 30.5 Å². The third kappa shape index (κ3) is 3.19. The summed E-state index contributed by atoms with van der Waals surface area (Å²) < 4.78 is 0.953. The standard InChI is InChI=1S/C26H29N2O/c1-2-20-18-28(17-19-8-4-3-5-9-19)15-13-21(20)16-25(28)26(29)23-12-14-27-24-11-7-6-10-22(23)24/h2-12,14,20-21,25-26,29H,1,13,15-18H2/q+1/t20?,21?,25-,26-,28?/m0/s1. The van der Waals surface area contributed by atoms with Crippen LogP contribution in [0.25, 0.3) is 10.9 Å². The van der Waals surface area contributed by atoms with Crippen LogP contribution in [0.3, 0.4) is 0 Å². The van der Waals surface area contributed by atoms with E-state index < -0.39 is 6.10 Å². The molecule has 148 valence electrons. The zero-order valence-corrected chi connectivity index (χ0v) is 16.8. The van der Waals surface area contributed by atoms with Crippen LogP contribution < -0.4 is 0 Å². The number of benzene rings is 2. The molecule has 0 radical (unpaired) electrons. The molecule has 2 aromatic carbocycles. The van der Waals surface area contributed by atoms with Gasteiger partial charge in [0.1, 0.15) is 18.7 Å². The summed E-state index contributed by atoms with van der Waals surface area (Å²) in [6.45, 7) is 7.32. The Hall–Kier alpha value is -2.49. The highest BCUT2D eigenvalue weighted by Gasteiger charge is 2.53. The van der Waals surface area contributed by atoms with Gasteiger partial charge in [-0.1, -0.05) is 54.6 Å². The lowest BCUT2D eigenvalue weighted by Gasteiger charge is -2.58. The average molecular weight is 386 g/mol. The summed E-state index contributed by atoms with van der Waals surface area (Å²) >= 11 is 0. The minimum absolute atomic E-state index is 0.205. The number of hydrogen-bond donors (Lipinski definition) is 1. The summed E-state index contributed by atoms with van der Waals surface area (Å²) in [6.07, 6.45) is 5.79. The minimum Gasteiger partial charge on any atom is -0.382 e. The van der Waals surface area contributed by atoms with Crippen molar-refractivity contribution >= 4 is 10.9 Å². The molecule has 3 aliphatic heterocycles. The maximum atomic E-state index is 11.7. The van der Waals surface area contributed by atoms with Crippen LogP contribution in [0.4, 0.5) is 0 Å². The van der Waals surface area contributed by atoms with Gasteiger partial charge in [0.2, 0.25) is 0 Å². The number of hydrogen-bond acceptors (Lipinski definition) is 2. The first-order valence-electron chi connectivity index (χ1n) is 10.7. The summed E-state index contributed by atoms with van der Waals surface area (Å²) in [5, 5.41) is 12.8. The van der Waals surface area contributed by atoms with Gasteiger partial charge in [0.15, 0.2) is 0 Å². The van der Waals surface area contributed by atoms with Crippen molar-refractivity contribution in [2.75, 3.05) is 13.1 Å². The molecule has 6 rings (SSSR count). The van der Waals surface area contributed by atoms with Crippen LogP contribution in [0.1, 0.15) is 30.1 Å². The highest BCUT2D eigenvalue weighted by Crippen LogP contribution is 2.47. The van der Waals surface area contributed by atoms with Gasteiger partial charge in [-0.15, -0.1) is 6.58 Å². The number of piperidine rings is 3. The largest absolute Gasteiger partial charge is 0.382 e. The van der Waals surface area contributed by atoms with Gasteiger partial charge in [-0.25, -0.2) is 0 Å². The lowest BCUT2D eigenvalue weighted by atomic mass is 9.71. The molecule has 1 N–H and O–H groups in total. The Bertz CT molecular complexity index is 1010. The van der Waals surface area contributed by atoms with Crippen LogP contribution in [-0.2, 0) is 6.54 Å². The van der Waals surface area contributed by atoms with E-state index in [9.17, 15) is 5.11 Å². The highest BCUT2D eigenvalue weighted by molar-refractivity contribution is 5.82.